The van der Waals surface area contributed by atoms with Crippen LogP contribution in [0.15, 0.2) is 121 Å². The van der Waals surface area contributed by atoms with Crippen LogP contribution in [0, 0.1) is 0 Å². The molecular formula is C27H27NaP2. The maximum absolute atomic E-state index is 2.30. The molecule has 0 atom stereocenters. The van der Waals surface area contributed by atoms with Gasteiger partial charge in [0.05, 0.1) is 0 Å². The quantitative estimate of drug-likeness (QED) is 0.270. The van der Waals surface area contributed by atoms with Gasteiger partial charge >= 0.3 is 29.6 Å². The van der Waals surface area contributed by atoms with Crippen molar-refractivity contribution in [1.29, 1.82) is 0 Å². The van der Waals surface area contributed by atoms with E-state index in [0.717, 1.165) is 0 Å². The van der Waals surface area contributed by atoms with Crippen molar-refractivity contribution in [3.8, 4) is 0 Å². The normalized spacial score (nSPS) is 10.7. The van der Waals surface area contributed by atoms with Crippen molar-refractivity contribution < 1.29 is 0 Å². The maximum Gasteiger partial charge on any atom is -0.0195 e. The van der Waals surface area contributed by atoms with Gasteiger partial charge in [0.1, 0.15) is 0 Å². The molecule has 4 aromatic carbocycles. The van der Waals surface area contributed by atoms with Crippen LogP contribution in [-0.2, 0) is 0 Å². The molecule has 0 bridgehead atoms. The fraction of sp³-hybridized carbons (Fsp3) is 0.111. The first-order valence-corrected chi connectivity index (χ1v) is 13.2. The smallest absolute Gasteiger partial charge is 0.0195 e. The fourth-order valence-electron chi connectivity index (χ4n) is 3.63. The molecular weight excluding hydrogens is 409 g/mol. The van der Waals surface area contributed by atoms with E-state index in [1.54, 1.807) is 0 Å². The van der Waals surface area contributed by atoms with E-state index in [-0.39, 0.29) is 45.4 Å². The third-order valence-corrected chi connectivity index (χ3v) is 10.2. The van der Waals surface area contributed by atoms with Gasteiger partial charge in [-0.25, -0.2) is 0 Å². The number of rotatable bonds is 8. The summed E-state index contributed by atoms with van der Waals surface area (Å²) < 4.78 is 0. The predicted molar refractivity (Wildman–Crippen MR) is 140 cm³/mol. The van der Waals surface area contributed by atoms with E-state index in [0.29, 0.717) is 0 Å². The van der Waals surface area contributed by atoms with Gasteiger partial charge in [-0.3, -0.25) is 0 Å². The largest absolute Gasteiger partial charge is 0.0622 e. The SMILES string of the molecule is [NaH].c1ccc(P(CCCP(c2ccccc2)c2ccccc2)c2ccccc2)cc1. The van der Waals surface area contributed by atoms with Crippen LogP contribution in [0.2, 0.25) is 0 Å². The van der Waals surface area contributed by atoms with Gasteiger partial charge in [-0.05, 0) is 55.8 Å². The fourth-order valence-corrected chi connectivity index (χ4v) is 8.59. The van der Waals surface area contributed by atoms with E-state index in [1.807, 2.05) is 0 Å². The Labute approximate surface area is 205 Å². The standard InChI is InChI=1S/C27H26P2.Na.H/c1-5-14-24(15-6-1)28(25-16-7-2-8-17-25)22-13-23-29(26-18-9-3-10-19-26)27-20-11-4-12-21-27;;/h1-12,14-21H,13,22-23H2;;. The minimum atomic E-state index is -0.309. The summed E-state index contributed by atoms with van der Waals surface area (Å²) in [6.45, 7) is 0. The Balaban J connectivity index is 0.00000256. The molecule has 0 heterocycles. The van der Waals surface area contributed by atoms with Crippen LogP contribution in [-0.4, -0.2) is 41.9 Å². The molecule has 3 heteroatoms. The molecule has 0 aromatic heterocycles. The zero-order valence-corrected chi connectivity index (χ0v) is 18.4. The topological polar surface area (TPSA) is 0 Å². The van der Waals surface area contributed by atoms with Crippen molar-refractivity contribution in [3.05, 3.63) is 121 Å². The van der Waals surface area contributed by atoms with Crippen LogP contribution >= 0.6 is 15.8 Å². The summed E-state index contributed by atoms with van der Waals surface area (Å²) in [5, 5.41) is 5.94. The Morgan fingerprint density at radius 2 is 0.600 bits per heavy atom. The first-order chi connectivity index (χ1) is 14.4. The van der Waals surface area contributed by atoms with Gasteiger partial charge in [0.25, 0.3) is 0 Å². The first kappa shape index (κ1) is 23.4. The van der Waals surface area contributed by atoms with E-state index >= 15 is 0 Å². The maximum atomic E-state index is 2.30. The molecule has 30 heavy (non-hydrogen) atoms. The Bertz CT molecular complexity index is 814. The average Bonchev–Trinajstić information content (AvgIpc) is 2.81. The molecule has 4 rings (SSSR count). The van der Waals surface area contributed by atoms with Crippen molar-refractivity contribution in [1.82, 2.24) is 0 Å². The summed E-state index contributed by atoms with van der Waals surface area (Å²) in [5.41, 5.74) is 0. The van der Waals surface area contributed by atoms with Crippen molar-refractivity contribution in [2.75, 3.05) is 12.3 Å². The van der Waals surface area contributed by atoms with Gasteiger partial charge in [-0.15, -0.1) is 0 Å². The molecule has 0 nitrogen and oxygen atoms in total. The summed E-state index contributed by atoms with van der Waals surface area (Å²) in [5.74, 6) is 0. The Kier molecular flexibility index (Phi) is 9.80. The predicted octanol–water partition coefficient (Wildman–Crippen LogP) is 4.99. The Morgan fingerprint density at radius 1 is 0.367 bits per heavy atom. The van der Waals surface area contributed by atoms with Crippen LogP contribution in [0.3, 0.4) is 0 Å². The molecule has 4 aromatic rings. The van der Waals surface area contributed by atoms with E-state index in [2.05, 4.69) is 121 Å². The van der Waals surface area contributed by atoms with E-state index < -0.39 is 0 Å². The zero-order valence-electron chi connectivity index (χ0n) is 16.6. The molecule has 0 unspecified atom stereocenters. The van der Waals surface area contributed by atoms with Crippen LogP contribution in [0.5, 0.6) is 0 Å². The van der Waals surface area contributed by atoms with Gasteiger partial charge in [0, 0.05) is 0 Å². The summed E-state index contributed by atoms with van der Waals surface area (Å²) >= 11 is 0. The van der Waals surface area contributed by atoms with Gasteiger partial charge in [-0.1, -0.05) is 121 Å². The molecule has 0 saturated heterocycles. The molecule has 0 fully saturated rings. The van der Waals surface area contributed by atoms with Crippen LogP contribution in [0.25, 0.3) is 0 Å². The van der Waals surface area contributed by atoms with Crippen LogP contribution in [0.4, 0.5) is 0 Å². The number of hydrogen-bond acceptors (Lipinski definition) is 0. The van der Waals surface area contributed by atoms with Gasteiger partial charge in [0.15, 0.2) is 0 Å². The molecule has 0 aliphatic heterocycles. The second-order valence-corrected chi connectivity index (χ2v) is 11.7. The van der Waals surface area contributed by atoms with Crippen molar-refractivity contribution >= 4 is 66.6 Å². The zero-order chi connectivity index (χ0) is 19.7. The molecule has 0 radical (unpaired) electrons. The number of hydrogen-bond donors (Lipinski definition) is 0. The molecule has 0 saturated carbocycles. The van der Waals surface area contributed by atoms with E-state index in [4.69, 9.17) is 0 Å². The second-order valence-electron chi connectivity index (χ2n) is 7.00. The third-order valence-electron chi connectivity index (χ3n) is 5.03. The van der Waals surface area contributed by atoms with Crippen molar-refractivity contribution in [2.24, 2.45) is 0 Å². The molecule has 0 spiro atoms. The molecule has 146 valence electrons. The number of benzene rings is 4. The minimum absolute atomic E-state index is 0. The molecule has 0 aliphatic rings. The molecule has 0 N–H and O–H groups in total. The van der Waals surface area contributed by atoms with Crippen LogP contribution in [0.1, 0.15) is 6.42 Å². The summed E-state index contributed by atoms with van der Waals surface area (Å²) in [4.78, 5) is 0. The Hall–Kier alpha value is -1.26. The van der Waals surface area contributed by atoms with E-state index in [9.17, 15) is 0 Å². The monoisotopic (exact) mass is 436 g/mol. The van der Waals surface area contributed by atoms with Crippen molar-refractivity contribution in [2.45, 2.75) is 6.42 Å². The Morgan fingerprint density at radius 3 is 0.833 bits per heavy atom. The summed E-state index contributed by atoms with van der Waals surface area (Å²) in [6, 6.07) is 44.3. The average molecular weight is 436 g/mol. The van der Waals surface area contributed by atoms with E-state index in [1.165, 1.54) is 40.0 Å². The van der Waals surface area contributed by atoms with Gasteiger partial charge in [0.2, 0.25) is 0 Å². The summed E-state index contributed by atoms with van der Waals surface area (Å²) in [6.07, 6.45) is 3.72. The van der Waals surface area contributed by atoms with Crippen molar-refractivity contribution in [3.63, 3.8) is 0 Å². The van der Waals surface area contributed by atoms with Gasteiger partial charge in [-0.2, -0.15) is 0 Å². The second kappa shape index (κ2) is 12.6. The third kappa shape index (κ3) is 6.37. The first-order valence-electron chi connectivity index (χ1n) is 10.2. The van der Waals surface area contributed by atoms with Crippen LogP contribution < -0.4 is 21.2 Å². The van der Waals surface area contributed by atoms with Gasteiger partial charge < -0.3 is 0 Å². The minimum Gasteiger partial charge on any atom is -0.0622 e. The molecule has 0 amide bonds. The molecule has 0 aliphatic carbocycles. The summed E-state index contributed by atoms with van der Waals surface area (Å²) in [7, 11) is -0.618.